The number of nitrogens with one attached hydrogen (secondary N) is 2. The smallest absolute Gasteiger partial charge is 0.251 e. The number of rotatable bonds is 7. The van der Waals surface area contributed by atoms with E-state index in [9.17, 15) is 14.4 Å². The van der Waals surface area contributed by atoms with Gasteiger partial charge in [-0.15, -0.1) is 0 Å². The molecular formula is C17H19N3O3S. The Morgan fingerprint density at radius 2 is 1.96 bits per heavy atom. The van der Waals surface area contributed by atoms with E-state index in [0.29, 0.717) is 16.4 Å². The second-order valence-corrected chi connectivity index (χ2v) is 6.23. The lowest BCUT2D eigenvalue weighted by Crippen LogP contribution is -2.11. The first-order chi connectivity index (χ1) is 11.5. The first-order valence-corrected chi connectivity index (χ1v) is 8.60. The zero-order valence-electron chi connectivity index (χ0n) is 13.6. The number of thioether (sulfide) groups is 1. The standard InChI is InChI=1S/C17H19N3O3S/c1-3-4-14-9-16(23)20-17(19-14)24-10-15(22)12-5-7-13(8-6-12)18-11(2)21/h5-9H,3-4,10H2,1-2H3,(H,18,21)(H,19,20,23). The highest BCUT2D eigenvalue weighted by atomic mass is 32.2. The van der Waals surface area contributed by atoms with Crippen molar-refractivity contribution in [3.63, 3.8) is 0 Å². The molecule has 0 saturated carbocycles. The maximum Gasteiger partial charge on any atom is 0.251 e. The van der Waals surface area contributed by atoms with Crippen LogP contribution in [-0.4, -0.2) is 27.4 Å². The molecular weight excluding hydrogens is 326 g/mol. The first kappa shape index (κ1) is 17.9. The SMILES string of the molecule is CCCc1cc(=O)[nH]c(SCC(=O)c2ccc(NC(C)=O)cc2)n1. The van der Waals surface area contributed by atoms with Crippen LogP contribution in [0.1, 0.15) is 36.3 Å². The average Bonchev–Trinajstić information content (AvgIpc) is 2.52. The lowest BCUT2D eigenvalue weighted by atomic mass is 10.1. The molecule has 0 bridgehead atoms. The van der Waals surface area contributed by atoms with Gasteiger partial charge in [-0.25, -0.2) is 4.98 Å². The van der Waals surface area contributed by atoms with Gasteiger partial charge in [-0.2, -0.15) is 0 Å². The van der Waals surface area contributed by atoms with Crippen LogP contribution in [-0.2, 0) is 11.2 Å². The minimum Gasteiger partial charge on any atom is -0.326 e. The van der Waals surface area contributed by atoms with Crippen molar-refractivity contribution in [1.29, 1.82) is 0 Å². The summed E-state index contributed by atoms with van der Waals surface area (Å²) in [5.41, 5.74) is 1.72. The van der Waals surface area contributed by atoms with Crippen LogP contribution in [0.25, 0.3) is 0 Å². The van der Waals surface area contributed by atoms with Crippen molar-refractivity contribution in [1.82, 2.24) is 9.97 Å². The molecule has 1 amide bonds. The highest BCUT2D eigenvalue weighted by Crippen LogP contribution is 2.16. The van der Waals surface area contributed by atoms with E-state index >= 15 is 0 Å². The summed E-state index contributed by atoms with van der Waals surface area (Å²) < 4.78 is 0. The molecule has 0 aliphatic rings. The number of aryl methyl sites for hydroxylation is 1. The fourth-order valence-electron chi connectivity index (χ4n) is 2.10. The third kappa shape index (κ3) is 5.34. The van der Waals surface area contributed by atoms with Gasteiger partial charge in [-0.05, 0) is 30.7 Å². The number of carbonyl (C=O) groups excluding carboxylic acids is 2. The van der Waals surface area contributed by atoms with Crippen molar-refractivity contribution >= 4 is 29.1 Å². The van der Waals surface area contributed by atoms with Gasteiger partial charge >= 0.3 is 0 Å². The van der Waals surface area contributed by atoms with Gasteiger partial charge < -0.3 is 10.3 Å². The van der Waals surface area contributed by atoms with Crippen LogP contribution in [0.4, 0.5) is 5.69 Å². The van der Waals surface area contributed by atoms with Gasteiger partial charge in [0, 0.05) is 29.9 Å². The van der Waals surface area contributed by atoms with Gasteiger partial charge in [0.25, 0.3) is 5.56 Å². The number of carbonyl (C=O) groups is 2. The molecule has 0 saturated heterocycles. The number of hydrogen-bond donors (Lipinski definition) is 2. The van der Waals surface area contributed by atoms with Crippen LogP contribution in [0.5, 0.6) is 0 Å². The topological polar surface area (TPSA) is 91.9 Å². The highest BCUT2D eigenvalue weighted by molar-refractivity contribution is 7.99. The zero-order chi connectivity index (χ0) is 17.5. The van der Waals surface area contributed by atoms with E-state index < -0.39 is 0 Å². The van der Waals surface area contributed by atoms with Crippen molar-refractivity contribution in [2.45, 2.75) is 31.8 Å². The minimum absolute atomic E-state index is 0.0714. The van der Waals surface area contributed by atoms with E-state index in [1.165, 1.54) is 24.8 Å². The molecule has 126 valence electrons. The number of anilines is 1. The number of aromatic amines is 1. The number of nitrogens with zero attached hydrogens (tertiary/aromatic N) is 1. The van der Waals surface area contributed by atoms with E-state index in [4.69, 9.17) is 0 Å². The molecule has 2 rings (SSSR count). The molecule has 2 N–H and O–H groups in total. The lowest BCUT2D eigenvalue weighted by Gasteiger charge is -2.05. The number of benzene rings is 1. The largest absolute Gasteiger partial charge is 0.326 e. The zero-order valence-corrected chi connectivity index (χ0v) is 14.4. The molecule has 6 nitrogen and oxygen atoms in total. The number of aromatic nitrogens is 2. The van der Waals surface area contributed by atoms with Gasteiger partial charge in [-0.3, -0.25) is 14.4 Å². The van der Waals surface area contributed by atoms with E-state index in [1.54, 1.807) is 24.3 Å². The molecule has 1 aromatic carbocycles. The fourth-order valence-corrected chi connectivity index (χ4v) is 2.89. The van der Waals surface area contributed by atoms with Gasteiger partial charge in [-0.1, -0.05) is 25.1 Å². The molecule has 0 fully saturated rings. The summed E-state index contributed by atoms with van der Waals surface area (Å²) in [6.45, 7) is 3.44. The van der Waals surface area contributed by atoms with Crippen LogP contribution in [0.2, 0.25) is 0 Å². The summed E-state index contributed by atoms with van der Waals surface area (Å²) >= 11 is 1.21. The summed E-state index contributed by atoms with van der Waals surface area (Å²) in [6, 6.07) is 8.18. The molecule has 7 heteroatoms. The molecule has 0 aliphatic carbocycles. The Labute approximate surface area is 144 Å². The van der Waals surface area contributed by atoms with Crippen LogP contribution in [0.15, 0.2) is 40.3 Å². The maximum atomic E-state index is 12.2. The predicted molar refractivity (Wildman–Crippen MR) is 94.7 cm³/mol. The number of ketones is 1. The average molecular weight is 345 g/mol. The summed E-state index contributed by atoms with van der Waals surface area (Å²) in [5, 5.41) is 3.10. The molecule has 0 unspecified atom stereocenters. The van der Waals surface area contributed by atoms with E-state index in [-0.39, 0.29) is 23.0 Å². The van der Waals surface area contributed by atoms with Crippen molar-refractivity contribution < 1.29 is 9.59 Å². The Morgan fingerprint density at radius 3 is 2.58 bits per heavy atom. The predicted octanol–water partition coefficient (Wildman–Crippen LogP) is 2.66. The number of amides is 1. The monoisotopic (exact) mass is 345 g/mol. The number of H-pyrrole nitrogens is 1. The van der Waals surface area contributed by atoms with Gasteiger partial charge in [0.15, 0.2) is 10.9 Å². The van der Waals surface area contributed by atoms with Gasteiger partial charge in [0.1, 0.15) is 0 Å². The summed E-state index contributed by atoms with van der Waals surface area (Å²) in [7, 11) is 0. The van der Waals surface area contributed by atoms with Crippen molar-refractivity contribution in [2.24, 2.45) is 0 Å². The number of Topliss-reactive ketones (excluding diaryl/α,β-unsaturated/α-hetero) is 1. The minimum atomic E-state index is -0.206. The molecule has 0 spiro atoms. The van der Waals surface area contributed by atoms with Gasteiger partial charge in [0.05, 0.1) is 5.75 Å². The van der Waals surface area contributed by atoms with Crippen LogP contribution in [0, 0.1) is 0 Å². The molecule has 24 heavy (non-hydrogen) atoms. The maximum absolute atomic E-state index is 12.2. The van der Waals surface area contributed by atoms with Gasteiger partial charge in [0.2, 0.25) is 5.91 Å². The summed E-state index contributed by atoms with van der Waals surface area (Å²) in [5.74, 6) is -0.0533. The Kier molecular flexibility index (Phi) is 6.31. The third-order valence-corrected chi connectivity index (χ3v) is 4.02. The Balaban J connectivity index is 2.00. The summed E-state index contributed by atoms with van der Waals surface area (Å²) in [4.78, 5) is 41.8. The van der Waals surface area contributed by atoms with Crippen molar-refractivity contribution in [2.75, 3.05) is 11.1 Å². The Bertz CT molecular complexity index is 784. The second kappa shape index (κ2) is 8.44. The fraction of sp³-hybridized carbons (Fsp3) is 0.294. The second-order valence-electron chi connectivity index (χ2n) is 5.26. The molecule has 0 aliphatic heterocycles. The first-order valence-electron chi connectivity index (χ1n) is 7.62. The Morgan fingerprint density at radius 1 is 1.25 bits per heavy atom. The van der Waals surface area contributed by atoms with Crippen LogP contribution in [0.3, 0.4) is 0 Å². The third-order valence-electron chi connectivity index (χ3n) is 3.15. The quantitative estimate of drug-likeness (QED) is 0.457. The molecule has 2 aromatic rings. The highest BCUT2D eigenvalue weighted by Gasteiger charge is 2.09. The lowest BCUT2D eigenvalue weighted by molar-refractivity contribution is -0.114. The summed E-state index contributed by atoms with van der Waals surface area (Å²) in [6.07, 6.45) is 1.64. The van der Waals surface area contributed by atoms with Crippen molar-refractivity contribution in [3.8, 4) is 0 Å². The van der Waals surface area contributed by atoms with Crippen LogP contribution < -0.4 is 10.9 Å². The Hall–Kier alpha value is -2.41. The van der Waals surface area contributed by atoms with Crippen molar-refractivity contribution in [3.05, 3.63) is 51.9 Å². The van der Waals surface area contributed by atoms with Crippen LogP contribution >= 0.6 is 11.8 Å². The molecule has 0 radical (unpaired) electrons. The van der Waals surface area contributed by atoms with E-state index in [0.717, 1.165) is 18.5 Å². The normalized spacial score (nSPS) is 10.4. The molecule has 0 atom stereocenters. The van der Waals surface area contributed by atoms with E-state index in [1.807, 2.05) is 6.92 Å². The number of hydrogen-bond acceptors (Lipinski definition) is 5. The molecule has 1 heterocycles. The van der Waals surface area contributed by atoms with E-state index in [2.05, 4.69) is 15.3 Å². The molecule has 1 aromatic heterocycles.